The van der Waals surface area contributed by atoms with E-state index in [1.807, 2.05) is 0 Å². The molecule has 0 heterocycles. The number of phenols is 1. The van der Waals surface area contributed by atoms with E-state index in [0.717, 1.165) is 6.92 Å². The van der Waals surface area contributed by atoms with Gasteiger partial charge < -0.3 is 10.2 Å². The second-order valence-electron chi connectivity index (χ2n) is 13.0. The van der Waals surface area contributed by atoms with Crippen LogP contribution in [0.5, 0.6) is 5.75 Å². The number of carbonyl (C=O) groups is 6. The zero-order valence-electron chi connectivity index (χ0n) is 24.0. The molecular formula is C33H34O8. The Balaban J connectivity index is 1.74. The summed E-state index contributed by atoms with van der Waals surface area (Å²) in [6.07, 6.45) is 0.110. The van der Waals surface area contributed by atoms with E-state index in [9.17, 15) is 39.0 Å². The van der Waals surface area contributed by atoms with Crippen molar-refractivity contribution in [3.05, 3.63) is 53.1 Å². The van der Waals surface area contributed by atoms with Crippen molar-refractivity contribution in [1.29, 1.82) is 0 Å². The highest BCUT2D eigenvalue weighted by molar-refractivity contribution is 6.32. The summed E-state index contributed by atoms with van der Waals surface area (Å²) in [6.45, 7) is 9.32. The Hall–Kier alpha value is -3.78. The molecule has 8 heteroatoms. The minimum absolute atomic E-state index is 0.0222. The van der Waals surface area contributed by atoms with Gasteiger partial charge in [0.2, 0.25) is 0 Å². The lowest BCUT2D eigenvalue weighted by Crippen LogP contribution is -2.76. The van der Waals surface area contributed by atoms with Gasteiger partial charge in [0.1, 0.15) is 17.5 Å². The average molecular weight is 559 g/mol. The number of aromatic hydroxyl groups is 1. The van der Waals surface area contributed by atoms with E-state index < -0.39 is 69.0 Å². The lowest BCUT2D eigenvalue weighted by atomic mass is 9.40. The van der Waals surface area contributed by atoms with Crippen molar-refractivity contribution in [2.75, 3.05) is 0 Å². The maximum Gasteiger partial charge on any atom is 0.190 e. The van der Waals surface area contributed by atoms with Gasteiger partial charge >= 0.3 is 0 Å². The van der Waals surface area contributed by atoms with Crippen LogP contribution in [0.2, 0.25) is 0 Å². The Kier molecular flexibility index (Phi) is 6.39. The average Bonchev–Trinajstić information content (AvgIpc) is 2.86. The Morgan fingerprint density at radius 2 is 1.63 bits per heavy atom. The second kappa shape index (κ2) is 9.11. The van der Waals surface area contributed by atoms with E-state index in [4.69, 9.17) is 0 Å². The molecule has 5 rings (SSSR count). The lowest BCUT2D eigenvalue weighted by molar-refractivity contribution is -0.205. The maximum atomic E-state index is 14.4. The molecule has 2 aromatic carbocycles. The van der Waals surface area contributed by atoms with Gasteiger partial charge in [0.05, 0.1) is 11.5 Å². The van der Waals surface area contributed by atoms with E-state index >= 15 is 0 Å². The molecule has 0 aliphatic heterocycles. The number of rotatable bonds is 4. The van der Waals surface area contributed by atoms with Gasteiger partial charge in [-0.15, -0.1) is 0 Å². The second-order valence-corrected chi connectivity index (χ2v) is 13.0. The van der Waals surface area contributed by atoms with Crippen molar-refractivity contribution < 1.29 is 39.0 Å². The molecule has 0 amide bonds. The standard InChI is InChI=1S/C33H34O8/c1-15(2)25-27(37)23(17(4)35)29(39)33(41)30(40)26-28(38)24-21(13-31(26,5)14-32(25,33)6)20(10-11-22(24)36)19-9-7-8-18(12-19)16(3)34/h7-12,15,23,25-26,36,41H,13-14H2,1-6H3/t23?,25?,26?,31-,32-,33+/m1/s1. The quantitative estimate of drug-likeness (QED) is 0.424. The molecule has 41 heavy (non-hydrogen) atoms. The number of hydrogen-bond acceptors (Lipinski definition) is 8. The van der Waals surface area contributed by atoms with Crippen LogP contribution in [0.3, 0.4) is 0 Å². The molecule has 2 N–H and O–H groups in total. The minimum atomic E-state index is -2.73. The first kappa shape index (κ1) is 28.7. The van der Waals surface area contributed by atoms with Gasteiger partial charge in [-0.25, -0.2) is 0 Å². The normalized spacial score (nSPS) is 32.8. The molecule has 0 aromatic heterocycles. The summed E-state index contributed by atoms with van der Waals surface area (Å²) < 4.78 is 0. The Morgan fingerprint density at radius 1 is 0.976 bits per heavy atom. The van der Waals surface area contributed by atoms with Crippen LogP contribution < -0.4 is 0 Å². The molecule has 0 radical (unpaired) electrons. The van der Waals surface area contributed by atoms with Crippen molar-refractivity contribution in [1.82, 2.24) is 0 Å². The number of Topliss-reactive ketones (excluding diaryl/α,β-unsaturated/α-hetero) is 6. The predicted molar refractivity (Wildman–Crippen MR) is 148 cm³/mol. The van der Waals surface area contributed by atoms with Crippen molar-refractivity contribution in [2.24, 2.45) is 34.5 Å². The topological polar surface area (TPSA) is 143 Å². The zero-order valence-corrected chi connectivity index (χ0v) is 24.0. The largest absolute Gasteiger partial charge is 0.507 e. The fraction of sp³-hybridized carbons (Fsp3) is 0.455. The van der Waals surface area contributed by atoms with E-state index in [1.54, 1.807) is 58.0 Å². The van der Waals surface area contributed by atoms with Gasteiger partial charge in [-0.3, -0.25) is 28.8 Å². The minimum Gasteiger partial charge on any atom is -0.507 e. The van der Waals surface area contributed by atoms with E-state index in [1.165, 1.54) is 13.0 Å². The Labute approximate surface area is 238 Å². The number of hydrogen-bond donors (Lipinski definition) is 2. The van der Waals surface area contributed by atoms with Gasteiger partial charge in [0, 0.05) is 16.9 Å². The Bertz CT molecular complexity index is 1580. The number of aliphatic hydroxyl groups is 1. The van der Waals surface area contributed by atoms with Crippen molar-refractivity contribution in [3.8, 4) is 16.9 Å². The van der Waals surface area contributed by atoms with Crippen LogP contribution in [0.25, 0.3) is 11.1 Å². The molecule has 2 fully saturated rings. The summed E-state index contributed by atoms with van der Waals surface area (Å²) in [5, 5.41) is 23.0. The number of carbonyl (C=O) groups excluding carboxylic acids is 6. The van der Waals surface area contributed by atoms with Gasteiger partial charge in [0.15, 0.2) is 34.5 Å². The van der Waals surface area contributed by atoms with E-state index in [-0.39, 0.29) is 29.9 Å². The highest BCUT2D eigenvalue weighted by Crippen LogP contribution is 2.64. The summed E-state index contributed by atoms with van der Waals surface area (Å²) in [6, 6.07) is 9.92. The highest BCUT2D eigenvalue weighted by atomic mass is 16.3. The number of phenolic OH excluding ortho intramolecular Hbond substituents is 1. The molecule has 3 aliphatic rings. The first-order valence-electron chi connectivity index (χ1n) is 13.9. The summed E-state index contributed by atoms with van der Waals surface area (Å²) >= 11 is 0. The van der Waals surface area contributed by atoms with E-state index in [2.05, 4.69) is 0 Å². The molecule has 8 nitrogen and oxygen atoms in total. The fourth-order valence-electron chi connectivity index (χ4n) is 8.31. The predicted octanol–water partition coefficient (Wildman–Crippen LogP) is 3.96. The van der Waals surface area contributed by atoms with Crippen LogP contribution in [-0.2, 0) is 25.6 Å². The zero-order chi connectivity index (χ0) is 30.4. The third-order valence-electron chi connectivity index (χ3n) is 9.84. The fourth-order valence-corrected chi connectivity index (χ4v) is 8.31. The van der Waals surface area contributed by atoms with Crippen LogP contribution in [-0.4, -0.2) is 50.5 Å². The molecule has 6 atom stereocenters. The van der Waals surface area contributed by atoms with Crippen molar-refractivity contribution in [3.63, 3.8) is 0 Å². The van der Waals surface area contributed by atoms with E-state index in [0.29, 0.717) is 22.3 Å². The number of fused-ring (bicyclic) bond motifs is 3. The van der Waals surface area contributed by atoms with Crippen molar-refractivity contribution >= 4 is 34.7 Å². The molecule has 3 unspecified atom stereocenters. The summed E-state index contributed by atoms with van der Waals surface area (Å²) in [5.41, 5.74) is -3.27. The molecule has 0 bridgehead atoms. The van der Waals surface area contributed by atoms with Gasteiger partial charge in [0.25, 0.3) is 0 Å². The maximum absolute atomic E-state index is 14.4. The van der Waals surface area contributed by atoms with Crippen molar-refractivity contribution in [2.45, 2.75) is 60.0 Å². The first-order valence-corrected chi connectivity index (χ1v) is 13.9. The van der Waals surface area contributed by atoms with Crippen LogP contribution in [0.1, 0.15) is 74.2 Å². The summed E-state index contributed by atoms with van der Waals surface area (Å²) in [4.78, 5) is 80.5. The number of benzene rings is 2. The van der Waals surface area contributed by atoms with Crippen LogP contribution in [0, 0.1) is 34.5 Å². The van der Waals surface area contributed by atoms with Crippen LogP contribution in [0.4, 0.5) is 0 Å². The monoisotopic (exact) mass is 558 g/mol. The molecular weight excluding hydrogens is 524 g/mol. The van der Waals surface area contributed by atoms with Gasteiger partial charge in [-0.2, -0.15) is 0 Å². The Morgan fingerprint density at radius 3 is 2.22 bits per heavy atom. The third-order valence-corrected chi connectivity index (χ3v) is 9.84. The lowest BCUT2D eigenvalue weighted by Gasteiger charge is -2.61. The summed E-state index contributed by atoms with van der Waals surface area (Å²) in [5.74, 6) is -9.41. The molecule has 214 valence electrons. The van der Waals surface area contributed by atoms with Gasteiger partial charge in [-0.1, -0.05) is 52.0 Å². The summed E-state index contributed by atoms with van der Waals surface area (Å²) in [7, 11) is 0. The molecule has 2 aromatic rings. The molecule has 0 saturated heterocycles. The van der Waals surface area contributed by atoms with Gasteiger partial charge in [-0.05, 0) is 66.8 Å². The first-order chi connectivity index (χ1) is 19.0. The van der Waals surface area contributed by atoms with Crippen LogP contribution >= 0.6 is 0 Å². The highest BCUT2D eigenvalue weighted by Gasteiger charge is 2.76. The SMILES string of the molecule is CC(=O)c1cccc(-c2ccc(O)c3c2C[C@]2(C)C[C@]4(C)C(C(C)C)C(=O)C(C(C)=O)C(=O)[C@]4(O)C(=O)C2C3=O)c1. The molecule has 3 aliphatic carbocycles. The molecule has 2 saturated carbocycles. The van der Waals surface area contributed by atoms with Crippen LogP contribution in [0.15, 0.2) is 36.4 Å². The molecule has 0 spiro atoms. The third kappa shape index (κ3) is 3.69. The number of ketones is 6. The smallest absolute Gasteiger partial charge is 0.190 e.